The molecule has 0 unspecified atom stereocenters. The highest BCUT2D eigenvalue weighted by molar-refractivity contribution is 7.98. The lowest BCUT2D eigenvalue weighted by molar-refractivity contribution is 0.209. The van der Waals surface area contributed by atoms with Gasteiger partial charge in [-0.25, -0.2) is 0 Å². The summed E-state index contributed by atoms with van der Waals surface area (Å²) < 4.78 is 5.75. The lowest BCUT2D eigenvalue weighted by atomic mass is 10.4. The molecule has 0 aromatic carbocycles. The predicted octanol–water partition coefficient (Wildman–Crippen LogP) is 1.50. The standard InChI is InChI=1S/C14H26N4O2S/c1-17(2)10-12-5-6-13(20-12)11-21-8-7-15-14(9-16-19)18(3)4/h5-6,9,15-16,19H,7-8,10-11H2,1-4H3/b14-9-. The number of nitrogens with zero attached hydrogens (tertiary/aromatic N) is 2. The zero-order valence-corrected chi connectivity index (χ0v) is 14.0. The van der Waals surface area contributed by atoms with Gasteiger partial charge in [-0.1, -0.05) is 0 Å². The first kappa shape index (κ1) is 17.7. The molecule has 0 fully saturated rings. The summed E-state index contributed by atoms with van der Waals surface area (Å²) in [5.41, 5.74) is 2.04. The zero-order chi connectivity index (χ0) is 15.7. The van der Waals surface area contributed by atoms with Crippen LogP contribution in [-0.2, 0) is 12.3 Å². The highest BCUT2D eigenvalue weighted by atomic mass is 32.2. The van der Waals surface area contributed by atoms with Crippen molar-refractivity contribution in [3.8, 4) is 0 Å². The van der Waals surface area contributed by atoms with Crippen LogP contribution in [0.4, 0.5) is 0 Å². The van der Waals surface area contributed by atoms with Gasteiger partial charge in [0.15, 0.2) is 0 Å². The van der Waals surface area contributed by atoms with E-state index in [9.17, 15) is 0 Å². The topological polar surface area (TPSA) is 63.9 Å². The quantitative estimate of drug-likeness (QED) is 0.447. The molecule has 0 spiro atoms. The summed E-state index contributed by atoms with van der Waals surface area (Å²) in [6.45, 7) is 1.65. The fraction of sp³-hybridized carbons (Fsp3) is 0.571. The van der Waals surface area contributed by atoms with Gasteiger partial charge in [-0.2, -0.15) is 11.8 Å². The summed E-state index contributed by atoms with van der Waals surface area (Å²) >= 11 is 1.81. The number of thioether (sulfide) groups is 1. The molecule has 1 heterocycles. The van der Waals surface area contributed by atoms with Crippen LogP contribution < -0.4 is 10.8 Å². The van der Waals surface area contributed by atoms with Crippen LogP contribution in [0.5, 0.6) is 0 Å². The van der Waals surface area contributed by atoms with Crippen molar-refractivity contribution in [2.45, 2.75) is 12.3 Å². The monoisotopic (exact) mass is 314 g/mol. The SMILES string of the molecule is CN(C)Cc1ccc(CSCCN/C(=C/NO)N(C)C)o1. The fourth-order valence-electron chi connectivity index (χ4n) is 1.72. The third kappa shape index (κ3) is 7.31. The van der Waals surface area contributed by atoms with Crippen LogP contribution in [0, 0.1) is 0 Å². The van der Waals surface area contributed by atoms with E-state index in [2.05, 4.69) is 10.2 Å². The van der Waals surface area contributed by atoms with E-state index in [1.807, 2.05) is 62.5 Å². The second kappa shape index (κ2) is 9.59. The number of nitrogens with one attached hydrogen (secondary N) is 2. The van der Waals surface area contributed by atoms with Crippen molar-refractivity contribution in [1.29, 1.82) is 0 Å². The summed E-state index contributed by atoms with van der Waals surface area (Å²) in [5.74, 6) is 4.68. The molecule has 1 aromatic heterocycles. The third-order valence-electron chi connectivity index (χ3n) is 2.67. The van der Waals surface area contributed by atoms with Crippen molar-refractivity contribution in [1.82, 2.24) is 20.6 Å². The van der Waals surface area contributed by atoms with E-state index < -0.39 is 0 Å². The van der Waals surface area contributed by atoms with Crippen LogP contribution >= 0.6 is 11.8 Å². The van der Waals surface area contributed by atoms with Crippen LogP contribution in [0.15, 0.2) is 28.6 Å². The van der Waals surface area contributed by atoms with Crippen molar-refractivity contribution in [2.75, 3.05) is 40.5 Å². The van der Waals surface area contributed by atoms with Gasteiger partial charge in [0.25, 0.3) is 0 Å². The Morgan fingerprint density at radius 3 is 2.62 bits per heavy atom. The van der Waals surface area contributed by atoms with Gasteiger partial charge in [0.05, 0.1) is 18.5 Å². The van der Waals surface area contributed by atoms with Gasteiger partial charge in [0.1, 0.15) is 17.3 Å². The summed E-state index contributed by atoms with van der Waals surface area (Å²) in [4.78, 5) is 3.98. The van der Waals surface area contributed by atoms with Gasteiger partial charge in [-0.05, 0) is 26.2 Å². The fourth-order valence-corrected chi connectivity index (χ4v) is 2.47. The average Bonchev–Trinajstić information content (AvgIpc) is 2.83. The normalized spacial score (nSPS) is 11.8. The van der Waals surface area contributed by atoms with E-state index >= 15 is 0 Å². The van der Waals surface area contributed by atoms with E-state index in [-0.39, 0.29) is 0 Å². The number of hydrogen-bond donors (Lipinski definition) is 3. The molecule has 21 heavy (non-hydrogen) atoms. The smallest absolute Gasteiger partial charge is 0.119 e. The molecule has 0 atom stereocenters. The van der Waals surface area contributed by atoms with Gasteiger partial charge in [-0.3, -0.25) is 10.7 Å². The third-order valence-corrected chi connectivity index (χ3v) is 3.65. The molecule has 0 aliphatic rings. The Morgan fingerprint density at radius 1 is 1.29 bits per heavy atom. The molecule has 7 heteroatoms. The maximum absolute atomic E-state index is 8.69. The van der Waals surface area contributed by atoms with Crippen molar-refractivity contribution >= 4 is 11.8 Å². The van der Waals surface area contributed by atoms with Crippen LogP contribution in [0.3, 0.4) is 0 Å². The summed E-state index contributed by atoms with van der Waals surface area (Å²) in [6.07, 6.45) is 1.52. The van der Waals surface area contributed by atoms with Gasteiger partial charge in [-0.15, -0.1) is 0 Å². The summed E-state index contributed by atoms with van der Waals surface area (Å²) in [6, 6.07) is 4.08. The van der Waals surface area contributed by atoms with Crippen molar-refractivity contribution in [3.05, 3.63) is 35.7 Å². The largest absolute Gasteiger partial charge is 0.464 e. The average molecular weight is 314 g/mol. The molecular formula is C14H26N4O2S. The van der Waals surface area contributed by atoms with Crippen molar-refractivity contribution in [3.63, 3.8) is 0 Å². The second-order valence-corrected chi connectivity index (χ2v) is 6.24. The van der Waals surface area contributed by atoms with E-state index in [0.717, 1.165) is 41.9 Å². The predicted molar refractivity (Wildman–Crippen MR) is 87.0 cm³/mol. The van der Waals surface area contributed by atoms with Gasteiger partial charge >= 0.3 is 0 Å². The maximum atomic E-state index is 8.69. The van der Waals surface area contributed by atoms with Crippen molar-refractivity contribution in [2.24, 2.45) is 0 Å². The first-order valence-corrected chi connectivity index (χ1v) is 7.99. The molecule has 0 saturated heterocycles. The molecule has 1 aromatic rings. The second-order valence-electron chi connectivity index (χ2n) is 5.14. The number of hydrogen-bond acceptors (Lipinski definition) is 7. The zero-order valence-electron chi connectivity index (χ0n) is 13.2. The van der Waals surface area contributed by atoms with Crippen LogP contribution in [-0.4, -0.2) is 55.5 Å². The molecular weight excluding hydrogens is 288 g/mol. The minimum absolute atomic E-state index is 0.821. The van der Waals surface area contributed by atoms with E-state index in [1.165, 1.54) is 6.20 Å². The summed E-state index contributed by atoms with van der Waals surface area (Å²) in [7, 11) is 7.89. The van der Waals surface area contributed by atoms with Crippen LogP contribution in [0.2, 0.25) is 0 Å². The molecule has 0 radical (unpaired) electrons. The first-order chi connectivity index (χ1) is 10.0. The molecule has 3 N–H and O–H groups in total. The highest BCUT2D eigenvalue weighted by Gasteiger charge is 2.04. The minimum atomic E-state index is 0.821. The van der Waals surface area contributed by atoms with E-state index in [0.29, 0.717) is 0 Å². The highest BCUT2D eigenvalue weighted by Crippen LogP contribution is 2.16. The van der Waals surface area contributed by atoms with Gasteiger partial charge in [0, 0.05) is 26.4 Å². The minimum Gasteiger partial charge on any atom is -0.464 e. The maximum Gasteiger partial charge on any atom is 0.119 e. The first-order valence-electron chi connectivity index (χ1n) is 6.84. The molecule has 0 amide bonds. The Kier molecular flexibility index (Phi) is 8.11. The number of hydroxylamine groups is 1. The lowest BCUT2D eigenvalue weighted by Crippen LogP contribution is -2.28. The Bertz CT molecular complexity index is 432. The van der Waals surface area contributed by atoms with Gasteiger partial charge in [0.2, 0.25) is 0 Å². The Labute approximate surface area is 131 Å². The number of furan rings is 1. The number of rotatable bonds is 10. The molecule has 0 aliphatic carbocycles. The van der Waals surface area contributed by atoms with Gasteiger partial charge < -0.3 is 19.5 Å². The van der Waals surface area contributed by atoms with Crippen molar-refractivity contribution < 1.29 is 9.62 Å². The van der Waals surface area contributed by atoms with E-state index in [4.69, 9.17) is 9.62 Å². The lowest BCUT2D eigenvalue weighted by Gasteiger charge is -2.18. The van der Waals surface area contributed by atoms with Crippen LogP contribution in [0.1, 0.15) is 11.5 Å². The molecule has 0 saturated carbocycles. The van der Waals surface area contributed by atoms with Crippen LogP contribution in [0.25, 0.3) is 0 Å². The molecule has 0 aliphatic heterocycles. The Morgan fingerprint density at radius 2 is 2.00 bits per heavy atom. The Balaban J connectivity index is 2.22. The molecule has 6 nitrogen and oxygen atoms in total. The molecule has 0 bridgehead atoms. The molecule has 120 valence electrons. The Hall–Kier alpha value is -1.31. The summed E-state index contributed by atoms with van der Waals surface area (Å²) in [5, 5.41) is 11.9. The molecule has 1 rings (SSSR count). The van der Waals surface area contributed by atoms with E-state index in [1.54, 1.807) is 0 Å².